The molecule has 0 radical (unpaired) electrons. The fraction of sp³-hybridized carbons (Fsp3) is 0.440. The molecular formula is C25H30N2O2. The molecule has 0 aliphatic carbocycles. The van der Waals surface area contributed by atoms with Crippen LogP contribution in [0.5, 0.6) is 0 Å². The Kier molecular flexibility index (Phi) is 5.70. The molecule has 0 N–H and O–H groups in total. The second-order valence-corrected chi connectivity index (χ2v) is 8.71. The highest BCUT2D eigenvalue weighted by Gasteiger charge is 2.41. The highest BCUT2D eigenvalue weighted by molar-refractivity contribution is 5.94. The van der Waals surface area contributed by atoms with Crippen molar-refractivity contribution >= 4 is 11.8 Å². The Morgan fingerprint density at radius 3 is 2.48 bits per heavy atom. The summed E-state index contributed by atoms with van der Waals surface area (Å²) in [6.45, 7) is 5.22. The second kappa shape index (κ2) is 8.40. The lowest BCUT2D eigenvalue weighted by molar-refractivity contribution is -0.138. The van der Waals surface area contributed by atoms with Gasteiger partial charge in [-0.05, 0) is 55.7 Å². The van der Waals surface area contributed by atoms with Crippen LogP contribution >= 0.6 is 0 Å². The Labute approximate surface area is 173 Å². The summed E-state index contributed by atoms with van der Waals surface area (Å²) in [6.07, 6.45) is 4.47. The molecule has 0 atom stereocenters. The van der Waals surface area contributed by atoms with Crippen LogP contribution in [-0.4, -0.2) is 47.8 Å². The van der Waals surface area contributed by atoms with E-state index in [1.54, 1.807) is 0 Å². The minimum absolute atomic E-state index is 0.136. The molecule has 4 nitrogen and oxygen atoms in total. The van der Waals surface area contributed by atoms with Crippen LogP contribution in [0, 0.1) is 12.3 Å². The predicted octanol–water partition coefficient (Wildman–Crippen LogP) is 4.08. The average Bonchev–Trinajstić information content (AvgIpc) is 2.75. The van der Waals surface area contributed by atoms with Gasteiger partial charge >= 0.3 is 0 Å². The molecule has 2 aromatic rings. The van der Waals surface area contributed by atoms with Gasteiger partial charge in [0.2, 0.25) is 5.91 Å². The number of likely N-dealkylation sites (tertiary alicyclic amines) is 2. The van der Waals surface area contributed by atoms with E-state index in [0.717, 1.165) is 63.0 Å². The predicted molar refractivity (Wildman–Crippen MR) is 115 cm³/mol. The number of benzene rings is 2. The molecule has 0 unspecified atom stereocenters. The molecule has 2 aliphatic heterocycles. The molecular weight excluding hydrogens is 360 g/mol. The van der Waals surface area contributed by atoms with E-state index in [0.29, 0.717) is 6.42 Å². The SMILES string of the molecule is Cc1cccc(C(=O)N2CCC3(CCC(=O)N(CCc4ccccc4)C3)CC2)c1. The van der Waals surface area contributed by atoms with Crippen molar-refractivity contribution in [3.05, 3.63) is 71.3 Å². The molecule has 2 saturated heterocycles. The largest absolute Gasteiger partial charge is 0.342 e. The van der Waals surface area contributed by atoms with Crippen LogP contribution in [0.1, 0.15) is 47.2 Å². The van der Waals surface area contributed by atoms with Crippen molar-refractivity contribution in [2.75, 3.05) is 26.2 Å². The van der Waals surface area contributed by atoms with Crippen molar-refractivity contribution in [3.8, 4) is 0 Å². The molecule has 1 spiro atoms. The first kappa shape index (κ1) is 19.7. The summed E-state index contributed by atoms with van der Waals surface area (Å²) in [6, 6.07) is 18.2. The smallest absolute Gasteiger partial charge is 0.253 e. The lowest BCUT2D eigenvalue weighted by Gasteiger charge is -2.47. The minimum Gasteiger partial charge on any atom is -0.342 e. The maximum atomic E-state index is 12.9. The Balaban J connectivity index is 1.36. The topological polar surface area (TPSA) is 40.6 Å². The molecule has 2 aliphatic rings. The van der Waals surface area contributed by atoms with Crippen molar-refractivity contribution in [1.82, 2.24) is 9.80 Å². The number of hydrogen-bond acceptors (Lipinski definition) is 2. The monoisotopic (exact) mass is 390 g/mol. The van der Waals surface area contributed by atoms with Crippen molar-refractivity contribution in [3.63, 3.8) is 0 Å². The van der Waals surface area contributed by atoms with Crippen molar-refractivity contribution < 1.29 is 9.59 Å². The van der Waals surface area contributed by atoms with Crippen LogP contribution in [0.4, 0.5) is 0 Å². The standard InChI is InChI=1S/C25H30N2O2/c1-20-6-5-9-22(18-20)24(29)26-16-13-25(14-17-26)12-10-23(28)27(19-25)15-11-21-7-3-2-4-8-21/h2-9,18H,10-17,19H2,1H3. The number of piperidine rings is 2. The van der Waals surface area contributed by atoms with Gasteiger partial charge in [0.15, 0.2) is 0 Å². The number of carbonyl (C=O) groups excluding carboxylic acids is 2. The Hall–Kier alpha value is -2.62. The fourth-order valence-corrected chi connectivity index (χ4v) is 4.77. The molecule has 4 rings (SSSR count). The third-order valence-corrected chi connectivity index (χ3v) is 6.64. The lowest BCUT2D eigenvalue weighted by Crippen LogP contribution is -2.52. The quantitative estimate of drug-likeness (QED) is 0.789. The summed E-state index contributed by atoms with van der Waals surface area (Å²) in [5.41, 5.74) is 3.35. The number of aryl methyl sites for hydroxylation is 1. The summed E-state index contributed by atoms with van der Waals surface area (Å²) < 4.78 is 0. The summed E-state index contributed by atoms with van der Waals surface area (Å²) in [7, 11) is 0. The van der Waals surface area contributed by atoms with Gasteiger partial charge in [0.05, 0.1) is 0 Å². The molecule has 4 heteroatoms. The number of rotatable bonds is 4. The average molecular weight is 391 g/mol. The third kappa shape index (κ3) is 4.52. The maximum absolute atomic E-state index is 12.9. The normalized spacial score (nSPS) is 18.9. The number of nitrogens with zero attached hydrogens (tertiary/aromatic N) is 2. The fourth-order valence-electron chi connectivity index (χ4n) is 4.77. The van der Waals surface area contributed by atoms with Gasteiger partial charge in [0, 0.05) is 38.2 Å². The van der Waals surface area contributed by atoms with E-state index in [-0.39, 0.29) is 17.2 Å². The molecule has 0 bridgehead atoms. The van der Waals surface area contributed by atoms with Gasteiger partial charge in [-0.2, -0.15) is 0 Å². The van der Waals surface area contributed by atoms with E-state index in [1.165, 1.54) is 5.56 Å². The highest BCUT2D eigenvalue weighted by Crippen LogP contribution is 2.40. The van der Waals surface area contributed by atoms with Crippen LogP contribution in [0.25, 0.3) is 0 Å². The third-order valence-electron chi connectivity index (χ3n) is 6.64. The van der Waals surface area contributed by atoms with Gasteiger partial charge in [-0.25, -0.2) is 0 Å². The summed E-state index contributed by atoms with van der Waals surface area (Å²) >= 11 is 0. The first-order valence-corrected chi connectivity index (χ1v) is 10.7. The van der Waals surface area contributed by atoms with Gasteiger partial charge in [-0.1, -0.05) is 48.0 Å². The van der Waals surface area contributed by atoms with Crippen molar-refractivity contribution in [2.24, 2.45) is 5.41 Å². The zero-order valence-corrected chi connectivity index (χ0v) is 17.3. The van der Waals surface area contributed by atoms with E-state index in [2.05, 4.69) is 29.2 Å². The van der Waals surface area contributed by atoms with E-state index >= 15 is 0 Å². The van der Waals surface area contributed by atoms with Gasteiger partial charge in [-0.3, -0.25) is 9.59 Å². The molecule has 29 heavy (non-hydrogen) atoms. The lowest BCUT2D eigenvalue weighted by atomic mass is 9.72. The first-order chi connectivity index (χ1) is 14.0. The molecule has 2 aromatic carbocycles. The zero-order chi connectivity index (χ0) is 20.3. The van der Waals surface area contributed by atoms with Crippen LogP contribution in [-0.2, 0) is 11.2 Å². The molecule has 2 amide bonds. The van der Waals surface area contributed by atoms with Crippen LogP contribution < -0.4 is 0 Å². The highest BCUT2D eigenvalue weighted by atomic mass is 16.2. The van der Waals surface area contributed by atoms with Crippen molar-refractivity contribution in [1.29, 1.82) is 0 Å². The first-order valence-electron chi connectivity index (χ1n) is 10.7. The van der Waals surface area contributed by atoms with Gasteiger partial charge < -0.3 is 9.80 Å². The van der Waals surface area contributed by atoms with E-state index < -0.39 is 0 Å². The maximum Gasteiger partial charge on any atom is 0.253 e. The molecule has 2 heterocycles. The molecule has 152 valence electrons. The van der Waals surface area contributed by atoms with Gasteiger partial charge in [0.25, 0.3) is 5.91 Å². The molecule has 0 aromatic heterocycles. The van der Waals surface area contributed by atoms with E-state index in [4.69, 9.17) is 0 Å². The molecule has 2 fully saturated rings. The summed E-state index contributed by atoms with van der Waals surface area (Å²) in [5.74, 6) is 0.418. The summed E-state index contributed by atoms with van der Waals surface area (Å²) in [5, 5.41) is 0. The second-order valence-electron chi connectivity index (χ2n) is 8.71. The van der Waals surface area contributed by atoms with Crippen molar-refractivity contribution in [2.45, 2.75) is 39.0 Å². The van der Waals surface area contributed by atoms with Crippen LogP contribution in [0.3, 0.4) is 0 Å². The Morgan fingerprint density at radius 1 is 1.00 bits per heavy atom. The number of hydrogen-bond donors (Lipinski definition) is 0. The van der Waals surface area contributed by atoms with Gasteiger partial charge in [-0.15, -0.1) is 0 Å². The van der Waals surface area contributed by atoms with Crippen LogP contribution in [0.15, 0.2) is 54.6 Å². The van der Waals surface area contributed by atoms with E-state index in [1.807, 2.05) is 42.2 Å². The minimum atomic E-state index is 0.136. The van der Waals surface area contributed by atoms with Gasteiger partial charge in [0.1, 0.15) is 0 Å². The number of carbonyl (C=O) groups is 2. The molecule has 0 saturated carbocycles. The number of amides is 2. The zero-order valence-electron chi connectivity index (χ0n) is 17.3. The van der Waals surface area contributed by atoms with E-state index in [9.17, 15) is 9.59 Å². The summed E-state index contributed by atoms with van der Waals surface area (Å²) in [4.78, 5) is 29.4. The van der Waals surface area contributed by atoms with Crippen LogP contribution in [0.2, 0.25) is 0 Å². The Bertz CT molecular complexity index is 869. The Morgan fingerprint density at radius 2 is 1.76 bits per heavy atom.